The average molecular weight is 382 g/mol. The van der Waals surface area contributed by atoms with Crippen LogP contribution in [0.3, 0.4) is 0 Å². The summed E-state index contributed by atoms with van der Waals surface area (Å²) in [7, 11) is 0. The number of nitrogens with two attached hydrogens (primary N) is 1. The van der Waals surface area contributed by atoms with Crippen LogP contribution in [0.1, 0.15) is 24.0 Å². The number of hydrogen-bond acceptors (Lipinski definition) is 5. The molecule has 1 aromatic carbocycles. The van der Waals surface area contributed by atoms with E-state index in [4.69, 9.17) is 10.5 Å². The molecule has 7 heteroatoms. The molecule has 1 fully saturated rings. The summed E-state index contributed by atoms with van der Waals surface area (Å²) >= 11 is 1.42. The number of ether oxygens (including phenoxy) is 1. The van der Waals surface area contributed by atoms with Crippen molar-refractivity contribution in [1.29, 1.82) is 0 Å². The minimum atomic E-state index is -0.511. The number of halogens is 1. The van der Waals surface area contributed by atoms with Gasteiger partial charge in [-0.1, -0.05) is 12.1 Å². The fraction of sp³-hybridized carbons (Fsp3) is 0.444. The van der Waals surface area contributed by atoms with Crippen LogP contribution in [0, 0.1) is 19.8 Å². The lowest BCUT2D eigenvalue weighted by atomic mass is 9.92. The minimum absolute atomic E-state index is 0. The standard InChI is InChI=1S/C18H23N3O2S.ClH/c1-11-3-4-14(9-12(11)2)15-10-24-18(20-15)21-17(22)16(19)13-5-7-23-8-6-13;/h3-4,9-10,13,16H,5-8,19H2,1-2H3,(H,20,21,22);1H. The zero-order valence-corrected chi connectivity index (χ0v) is 16.1. The van der Waals surface area contributed by atoms with Gasteiger partial charge in [-0.3, -0.25) is 4.79 Å². The number of thiazole rings is 1. The molecular weight excluding hydrogens is 358 g/mol. The molecule has 1 aliphatic rings. The van der Waals surface area contributed by atoms with E-state index in [1.807, 2.05) is 5.38 Å². The highest BCUT2D eigenvalue weighted by atomic mass is 35.5. The number of amides is 1. The van der Waals surface area contributed by atoms with Crippen molar-refractivity contribution >= 4 is 34.8 Å². The average Bonchev–Trinajstić information content (AvgIpc) is 3.06. The smallest absolute Gasteiger partial charge is 0.243 e. The zero-order valence-electron chi connectivity index (χ0n) is 14.5. The van der Waals surface area contributed by atoms with Gasteiger partial charge in [-0.05, 0) is 49.8 Å². The molecule has 0 bridgehead atoms. The Hall–Kier alpha value is -1.47. The molecular formula is C18H24ClN3O2S. The Labute approximate surface area is 158 Å². The largest absolute Gasteiger partial charge is 0.381 e. The lowest BCUT2D eigenvalue weighted by Gasteiger charge is -2.26. The molecule has 1 saturated heterocycles. The van der Waals surface area contributed by atoms with Gasteiger partial charge in [0.2, 0.25) is 5.91 Å². The van der Waals surface area contributed by atoms with Gasteiger partial charge >= 0.3 is 0 Å². The lowest BCUT2D eigenvalue weighted by Crippen LogP contribution is -2.43. The van der Waals surface area contributed by atoms with E-state index >= 15 is 0 Å². The number of nitrogens with zero attached hydrogens (tertiary/aromatic N) is 1. The Kier molecular flexibility index (Phi) is 6.95. The second-order valence-corrected chi connectivity index (χ2v) is 7.16. The molecule has 0 aliphatic carbocycles. The maximum absolute atomic E-state index is 12.3. The van der Waals surface area contributed by atoms with Crippen LogP contribution in [0.25, 0.3) is 11.3 Å². The van der Waals surface area contributed by atoms with E-state index in [0.717, 1.165) is 24.1 Å². The first-order chi connectivity index (χ1) is 11.5. The second kappa shape index (κ2) is 8.76. The van der Waals surface area contributed by atoms with Crippen molar-refractivity contribution in [3.05, 3.63) is 34.7 Å². The van der Waals surface area contributed by atoms with Gasteiger partial charge in [0, 0.05) is 24.2 Å². The summed E-state index contributed by atoms with van der Waals surface area (Å²) in [5.41, 5.74) is 10.5. The molecule has 1 amide bonds. The van der Waals surface area contributed by atoms with Crippen molar-refractivity contribution < 1.29 is 9.53 Å². The Morgan fingerprint density at radius 2 is 2.04 bits per heavy atom. The maximum atomic E-state index is 12.3. The van der Waals surface area contributed by atoms with Crippen LogP contribution in [0.15, 0.2) is 23.6 Å². The second-order valence-electron chi connectivity index (χ2n) is 6.30. The van der Waals surface area contributed by atoms with Gasteiger partial charge in [-0.15, -0.1) is 23.7 Å². The summed E-state index contributed by atoms with van der Waals surface area (Å²) in [4.78, 5) is 16.9. The van der Waals surface area contributed by atoms with Gasteiger partial charge < -0.3 is 15.8 Å². The molecule has 0 spiro atoms. The van der Waals surface area contributed by atoms with Crippen molar-refractivity contribution in [2.24, 2.45) is 11.7 Å². The number of aromatic nitrogens is 1. The highest BCUT2D eigenvalue weighted by Gasteiger charge is 2.27. The molecule has 3 N–H and O–H groups in total. The van der Waals surface area contributed by atoms with Crippen molar-refractivity contribution in [3.63, 3.8) is 0 Å². The topological polar surface area (TPSA) is 77.2 Å². The van der Waals surface area contributed by atoms with Crippen LogP contribution in [0.4, 0.5) is 5.13 Å². The number of carbonyl (C=O) groups is 1. The van der Waals surface area contributed by atoms with Crippen LogP contribution >= 0.6 is 23.7 Å². The molecule has 5 nitrogen and oxygen atoms in total. The molecule has 2 aromatic rings. The SMILES string of the molecule is Cc1ccc(-c2csc(NC(=O)C(N)C3CCOCC3)n2)cc1C.Cl. The Morgan fingerprint density at radius 3 is 2.72 bits per heavy atom. The lowest BCUT2D eigenvalue weighted by molar-refractivity contribution is -0.119. The predicted molar refractivity (Wildman–Crippen MR) is 104 cm³/mol. The van der Waals surface area contributed by atoms with Gasteiger partial charge in [0.1, 0.15) is 0 Å². The zero-order chi connectivity index (χ0) is 17.1. The molecule has 1 aliphatic heterocycles. The fourth-order valence-corrected chi connectivity index (χ4v) is 3.56. The van der Waals surface area contributed by atoms with Crippen molar-refractivity contribution in [1.82, 2.24) is 4.98 Å². The summed E-state index contributed by atoms with van der Waals surface area (Å²) in [6, 6.07) is 5.74. The molecule has 0 radical (unpaired) electrons. The van der Waals surface area contributed by atoms with Crippen LogP contribution in [-0.2, 0) is 9.53 Å². The summed E-state index contributed by atoms with van der Waals surface area (Å²) in [5.74, 6) is 0.0146. The van der Waals surface area contributed by atoms with E-state index in [1.165, 1.54) is 22.5 Å². The molecule has 3 rings (SSSR count). The van der Waals surface area contributed by atoms with E-state index in [0.29, 0.717) is 18.3 Å². The third-order valence-electron chi connectivity index (χ3n) is 4.61. The highest BCUT2D eigenvalue weighted by molar-refractivity contribution is 7.14. The van der Waals surface area contributed by atoms with Crippen LogP contribution in [0.5, 0.6) is 0 Å². The Morgan fingerprint density at radius 1 is 1.32 bits per heavy atom. The van der Waals surface area contributed by atoms with E-state index < -0.39 is 6.04 Å². The normalized spacial score (nSPS) is 16.1. The number of anilines is 1. The third kappa shape index (κ3) is 4.79. The third-order valence-corrected chi connectivity index (χ3v) is 5.37. The molecule has 25 heavy (non-hydrogen) atoms. The number of rotatable bonds is 4. The molecule has 1 unspecified atom stereocenters. The van der Waals surface area contributed by atoms with Gasteiger partial charge in [-0.2, -0.15) is 0 Å². The van der Waals surface area contributed by atoms with Gasteiger partial charge in [0.15, 0.2) is 5.13 Å². The molecule has 0 saturated carbocycles. The van der Waals surface area contributed by atoms with Crippen LogP contribution in [-0.4, -0.2) is 30.1 Å². The van der Waals surface area contributed by atoms with Crippen LogP contribution in [0.2, 0.25) is 0 Å². The van der Waals surface area contributed by atoms with E-state index in [1.54, 1.807) is 0 Å². The number of benzene rings is 1. The highest BCUT2D eigenvalue weighted by Crippen LogP contribution is 2.27. The van der Waals surface area contributed by atoms with Crippen molar-refractivity contribution in [3.8, 4) is 11.3 Å². The first-order valence-electron chi connectivity index (χ1n) is 8.22. The monoisotopic (exact) mass is 381 g/mol. The fourth-order valence-electron chi connectivity index (χ4n) is 2.84. The first-order valence-corrected chi connectivity index (χ1v) is 9.10. The van der Waals surface area contributed by atoms with Crippen molar-refractivity contribution in [2.75, 3.05) is 18.5 Å². The summed E-state index contributed by atoms with van der Waals surface area (Å²) in [6.45, 7) is 5.53. The Bertz CT molecular complexity index is 729. The maximum Gasteiger partial charge on any atom is 0.243 e. The van der Waals surface area contributed by atoms with Gasteiger partial charge in [0.05, 0.1) is 11.7 Å². The molecule has 1 aromatic heterocycles. The van der Waals surface area contributed by atoms with Crippen LogP contribution < -0.4 is 11.1 Å². The minimum Gasteiger partial charge on any atom is -0.381 e. The quantitative estimate of drug-likeness (QED) is 0.849. The molecule has 136 valence electrons. The van der Waals surface area contributed by atoms with Gasteiger partial charge in [-0.25, -0.2) is 4.98 Å². The Balaban J connectivity index is 0.00000225. The predicted octanol–water partition coefficient (Wildman–Crippen LogP) is 3.54. The number of carbonyl (C=O) groups excluding carboxylic acids is 1. The summed E-state index contributed by atoms with van der Waals surface area (Å²) < 4.78 is 5.32. The van der Waals surface area contributed by atoms with E-state index in [9.17, 15) is 4.79 Å². The first kappa shape index (κ1) is 19.8. The van der Waals surface area contributed by atoms with E-state index in [-0.39, 0.29) is 24.2 Å². The van der Waals surface area contributed by atoms with Gasteiger partial charge in [0.25, 0.3) is 0 Å². The molecule has 1 atom stereocenters. The summed E-state index contributed by atoms with van der Waals surface area (Å²) in [6.07, 6.45) is 1.67. The summed E-state index contributed by atoms with van der Waals surface area (Å²) in [5, 5.41) is 5.41. The number of hydrogen-bond donors (Lipinski definition) is 2. The number of aryl methyl sites for hydroxylation is 2. The van der Waals surface area contributed by atoms with E-state index in [2.05, 4.69) is 42.3 Å². The molecule has 2 heterocycles. The number of nitrogens with one attached hydrogen (secondary N) is 1. The van der Waals surface area contributed by atoms with Crippen molar-refractivity contribution in [2.45, 2.75) is 32.7 Å².